The van der Waals surface area contributed by atoms with Gasteiger partial charge < -0.3 is 10.1 Å². The van der Waals surface area contributed by atoms with Gasteiger partial charge in [0.2, 0.25) is 15.9 Å². The van der Waals surface area contributed by atoms with E-state index in [9.17, 15) is 13.2 Å². The van der Waals surface area contributed by atoms with Crippen LogP contribution in [-0.4, -0.2) is 50.6 Å². The maximum atomic E-state index is 12.2. The molecular weight excluding hydrogens is 328 g/mol. The molecule has 0 atom stereocenters. The summed E-state index contributed by atoms with van der Waals surface area (Å²) < 4.78 is 30.9. The van der Waals surface area contributed by atoms with Crippen LogP contribution in [0.25, 0.3) is 0 Å². The Morgan fingerprint density at radius 3 is 2.58 bits per heavy atom. The van der Waals surface area contributed by atoms with Crippen molar-refractivity contribution in [2.24, 2.45) is 0 Å². The first-order chi connectivity index (χ1) is 11.5. The number of benzene rings is 1. The molecule has 1 aliphatic rings. The Balaban J connectivity index is 1.84. The monoisotopic (exact) mass is 354 g/mol. The molecule has 1 N–H and O–H groups in total. The van der Waals surface area contributed by atoms with Crippen molar-refractivity contribution in [3.05, 3.63) is 29.8 Å². The molecule has 1 aliphatic heterocycles. The van der Waals surface area contributed by atoms with Gasteiger partial charge in [0.15, 0.2) is 0 Å². The number of hydrogen-bond donors (Lipinski definition) is 1. The first-order valence-corrected chi connectivity index (χ1v) is 9.96. The molecule has 1 aromatic carbocycles. The van der Waals surface area contributed by atoms with Crippen molar-refractivity contribution < 1.29 is 17.9 Å². The fourth-order valence-corrected chi connectivity index (χ4v) is 4.51. The van der Waals surface area contributed by atoms with Crippen molar-refractivity contribution in [3.8, 4) is 5.75 Å². The van der Waals surface area contributed by atoms with Crippen LogP contribution >= 0.6 is 0 Å². The predicted octanol–water partition coefficient (Wildman–Crippen LogP) is 1.56. The zero-order valence-corrected chi connectivity index (χ0v) is 15.1. The van der Waals surface area contributed by atoms with Crippen molar-refractivity contribution in [3.63, 3.8) is 0 Å². The number of sulfonamides is 1. The maximum absolute atomic E-state index is 12.2. The molecule has 24 heavy (non-hydrogen) atoms. The number of carbonyl (C=O) groups excluding carboxylic acids is 1. The lowest BCUT2D eigenvalue weighted by molar-refractivity contribution is -0.121. The fraction of sp³-hybridized carbons (Fsp3) is 0.588. The standard InChI is InChI=1S/C17H26N2O4S/c1-3-12-24(21,22)19-10-8-15(9-11-19)18-17(20)13-14-6-4-5-7-16(14)23-2/h4-7,15H,3,8-13H2,1-2H3,(H,18,20). The highest BCUT2D eigenvalue weighted by atomic mass is 32.2. The third-order valence-corrected chi connectivity index (χ3v) is 6.29. The normalized spacial score (nSPS) is 16.8. The van der Waals surface area contributed by atoms with Gasteiger partial charge in [-0.2, -0.15) is 0 Å². The van der Waals surface area contributed by atoms with Gasteiger partial charge in [0, 0.05) is 24.7 Å². The van der Waals surface area contributed by atoms with Gasteiger partial charge >= 0.3 is 0 Å². The first-order valence-electron chi connectivity index (χ1n) is 8.35. The molecule has 0 unspecified atom stereocenters. The van der Waals surface area contributed by atoms with Crippen LogP contribution in [0.3, 0.4) is 0 Å². The van der Waals surface area contributed by atoms with Crippen LogP contribution in [0.2, 0.25) is 0 Å². The van der Waals surface area contributed by atoms with Crippen molar-refractivity contribution >= 4 is 15.9 Å². The van der Waals surface area contributed by atoms with Crippen LogP contribution in [0.5, 0.6) is 5.75 Å². The molecule has 1 heterocycles. The molecule has 1 fully saturated rings. The molecule has 0 spiro atoms. The summed E-state index contributed by atoms with van der Waals surface area (Å²) in [6, 6.07) is 7.48. The predicted molar refractivity (Wildman–Crippen MR) is 93.5 cm³/mol. The van der Waals surface area contributed by atoms with Gasteiger partial charge in [0.1, 0.15) is 5.75 Å². The first kappa shape index (κ1) is 18.7. The number of hydrogen-bond acceptors (Lipinski definition) is 4. The zero-order valence-electron chi connectivity index (χ0n) is 14.3. The van der Waals surface area contributed by atoms with Gasteiger partial charge in [0.05, 0.1) is 19.3 Å². The van der Waals surface area contributed by atoms with Gasteiger partial charge in [-0.15, -0.1) is 0 Å². The van der Waals surface area contributed by atoms with E-state index >= 15 is 0 Å². The van der Waals surface area contributed by atoms with Crippen LogP contribution in [0.1, 0.15) is 31.7 Å². The SMILES string of the molecule is CCCS(=O)(=O)N1CCC(NC(=O)Cc2ccccc2OC)CC1. The lowest BCUT2D eigenvalue weighted by Crippen LogP contribution is -2.47. The van der Waals surface area contributed by atoms with Gasteiger partial charge in [0.25, 0.3) is 0 Å². The van der Waals surface area contributed by atoms with E-state index in [1.54, 1.807) is 11.4 Å². The second-order valence-electron chi connectivity index (χ2n) is 6.05. The van der Waals surface area contributed by atoms with E-state index < -0.39 is 10.0 Å². The molecule has 7 heteroatoms. The summed E-state index contributed by atoms with van der Waals surface area (Å²) in [5.74, 6) is 0.833. The maximum Gasteiger partial charge on any atom is 0.224 e. The lowest BCUT2D eigenvalue weighted by Gasteiger charge is -2.31. The zero-order chi connectivity index (χ0) is 17.6. The molecule has 1 saturated heterocycles. The van der Waals surface area contributed by atoms with E-state index in [0.717, 1.165) is 5.56 Å². The largest absolute Gasteiger partial charge is 0.496 e. The fourth-order valence-electron chi connectivity index (χ4n) is 2.97. The van der Waals surface area contributed by atoms with Crippen molar-refractivity contribution in [2.75, 3.05) is 26.0 Å². The average molecular weight is 354 g/mol. The topological polar surface area (TPSA) is 75.7 Å². The Bertz CT molecular complexity index is 652. The summed E-state index contributed by atoms with van der Waals surface area (Å²) in [6.07, 6.45) is 2.19. The van der Waals surface area contributed by atoms with E-state index in [4.69, 9.17) is 4.74 Å². The number of methoxy groups -OCH3 is 1. The number of amides is 1. The van der Waals surface area contributed by atoms with Crippen LogP contribution < -0.4 is 10.1 Å². The molecule has 0 bridgehead atoms. The highest BCUT2D eigenvalue weighted by molar-refractivity contribution is 7.89. The van der Waals surface area contributed by atoms with E-state index in [1.807, 2.05) is 31.2 Å². The van der Waals surface area contributed by atoms with E-state index in [-0.39, 0.29) is 24.1 Å². The summed E-state index contributed by atoms with van der Waals surface area (Å²) in [5.41, 5.74) is 0.848. The van der Waals surface area contributed by atoms with Gasteiger partial charge in [-0.05, 0) is 25.3 Å². The highest BCUT2D eigenvalue weighted by Gasteiger charge is 2.28. The molecule has 6 nitrogen and oxygen atoms in total. The smallest absolute Gasteiger partial charge is 0.224 e. The molecule has 134 valence electrons. The molecule has 0 aromatic heterocycles. The van der Waals surface area contributed by atoms with Crippen molar-refractivity contribution in [2.45, 2.75) is 38.6 Å². The Morgan fingerprint density at radius 2 is 1.96 bits per heavy atom. The Kier molecular flexibility index (Phi) is 6.62. The number of para-hydroxylation sites is 1. The van der Waals surface area contributed by atoms with Crippen LogP contribution in [0.15, 0.2) is 24.3 Å². The average Bonchev–Trinajstić information content (AvgIpc) is 2.55. The van der Waals surface area contributed by atoms with Crippen molar-refractivity contribution in [1.82, 2.24) is 9.62 Å². The number of nitrogens with one attached hydrogen (secondary N) is 1. The Morgan fingerprint density at radius 1 is 1.29 bits per heavy atom. The quantitative estimate of drug-likeness (QED) is 0.806. The molecule has 0 aliphatic carbocycles. The number of nitrogens with zero attached hydrogens (tertiary/aromatic N) is 1. The van der Waals surface area contributed by atoms with Crippen molar-refractivity contribution in [1.29, 1.82) is 0 Å². The minimum atomic E-state index is -3.14. The summed E-state index contributed by atoms with van der Waals surface area (Å²) in [4.78, 5) is 12.2. The van der Waals surface area contributed by atoms with Gasteiger partial charge in [-0.25, -0.2) is 12.7 Å². The van der Waals surface area contributed by atoms with Crippen LogP contribution in [-0.2, 0) is 21.2 Å². The second kappa shape index (κ2) is 8.48. The van der Waals surface area contributed by atoms with Crippen LogP contribution in [0, 0.1) is 0 Å². The molecule has 0 saturated carbocycles. The summed E-state index contributed by atoms with van der Waals surface area (Å²) in [7, 11) is -1.55. The number of ether oxygens (including phenoxy) is 1. The van der Waals surface area contributed by atoms with Crippen LogP contribution in [0.4, 0.5) is 0 Å². The molecule has 2 rings (SSSR count). The lowest BCUT2D eigenvalue weighted by atomic mass is 10.1. The van der Waals surface area contributed by atoms with Gasteiger partial charge in [-0.3, -0.25) is 4.79 Å². The molecular formula is C17H26N2O4S. The third-order valence-electron chi connectivity index (χ3n) is 4.22. The molecule has 1 amide bonds. The molecule has 0 radical (unpaired) electrons. The summed E-state index contributed by atoms with van der Waals surface area (Å²) >= 11 is 0. The van der Waals surface area contributed by atoms with E-state index in [2.05, 4.69) is 5.32 Å². The summed E-state index contributed by atoms with van der Waals surface area (Å²) in [6.45, 7) is 2.81. The van der Waals surface area contributed by atoms with E-state index in [0.29, 0.717) is 38.1 Å². The minimum Gasteiger partial charge on any atom is -0.496 e. The Labute approximate surface area is 144 Å². The third kappa shape index (κ3) is 4.95. The highest BCUT2D eigenvalue weighted by Crippen LogP contribution is 2.19. The number of piperidine rings is 1. The number of carbonyl (C=O) groups is 1. The second-order valence-corrected chi connectivity index (χ2v) is 8.13. The Hall–Kier alpha value is -1.60. The number of rotatable bonds is 7. The van der Waals surface area contributed by atoms with Gasteiger partial charge in [-0.1, -0.05) is 25.1 Å². The minimum absolute atomic E-state index is 0.0280. The van der Waals surface area contributed by atoms with E-state index in [1.165, 1.54) is 0 Å². The summed E-state index contributed by atoms with van der Waals surface area (Å²) in [5, 5.41) is 3.01. The molecule has 1 aromatic rings.